The van der Waals surface area contributed by atoms with Crippen molar-refractivity contribution in [2.24, 2.45) is 5.92 Å². The summed E-state index contributed by atoms with van der Waals surface area (Å²) in [4.78, 5) is 45.1. The van der Waals surface area contributed by atoms with Gasteiger partial charge < -0.3 is 24.5 Å². The number of carbonyl (C=O) groups excluding carboxylic acids is 2. The SMILES string of the molecule is CCc1c2c(nc3ccc(O)cc13)-c1cc3c(c(=O)n1C2)COC(=O)C3(CC)OC(=O)C1CCNCC1. The van der Waals surface area contributed by atoms with Gasteiger partial charge in [-0.1, -0.05) is 13.8 Å². The van der Waals surface area contributed by atoms with E-state index >= 15 is 0 Å². The van der Waals surface area contributed by atoms with Gasteiger partial charge in [0.25, 0.3) is 5.56 Å². The number of pyridine rings is 2. The maximum Gasteiger partial charge on any atom is 0.355 e. The van der Waals surface area contributed by atoms with Crippen molar-refractivity contribution in [3.05, 3.63) is 56.9 Å². The number of hydrogen-bond donors (Lipinski definition) is 2. The summed E-state index contributed by atoms with van der Waals surface area (Å²) in [5.41, 5.74) is 2.68. The molecule has 3 aliphatic heterocycles. The maximum atomic E-state index is 13.8. The lowest BCUT2D eigenvalue weighted by Crippen LogP contribution is -2.48. The van der Waals surface area contributed by atoms with E-state index in [0.717, 1.165) is 16.5 Å². The average molecular weight is 504 g/mol. The third-order valence-electron chi connectivity index (χ3n) is 8.06. The second-order valence-electron chi connectivity index (χ2n) is 9.99. The van der Waals surface area contributed by atoms with Gasteiger partial charge in [0.05, 0.1) is 34.9 Å². The summed E-state index contributed by atoms with van der Waals surface area (Å²) in [6.07, 6.45) is 2.11. The summed E-state index contributed by atoms with van der Waals surface area (Å²) in [7, 11) is 0. The lowest BCUT2D eigenvalue weighted by molar-refractivity contribution is -0.192. The zero-order valence-electron chi connectivity index (χ0n) is 20.9. The predicted octanol–water partition coefficient (Wildman–Crippen LogP) is 2.90. The van der Waals surface area contributed by atoms with Crippen molar-refractivity contribution >= 4 is 22.8 Å². The van der Waals surface area contributed by atoms with Crippen molar-refractivity contribution in [1.29, 1.82) is 0 Å². The van der Waals surface area contributed by atoms with Gasteiger partial charge in [0.2, 0.25) is 5.60 Å². The molecule has 1 atom stereocenters. The van der Waals surface area contributed by atoms with Crippen molar-refractivity contribution in [3.8, 4) is 17.1 Å². The van der Waals surface area contributed by atoms with Crippen LogP contribution >= 0.6 is 0 Å². The fraction of sp³-hybridized carbons (Fsp3) is 0.429. The normalized spacial score (nSPS) is 20.8. The summed E-state index contributed by atoms with van der Waals surface area (Å²) in [6.45, 7) is 5.38. The summed E-state index contributed by atoms with van der Waals surface area (Å²) in [6, 6.07) is 6.85. The van der Waals surface area contributed by atoms with E-state index in [1.165, 1.54) is 0 Å². The molecule has 6 rings (SSSR count). The van der Waals surface area contributed by atoms with E-state index in [-0.39, 0.29) is 30.3 Å². The number of carbonyl (C=O) groups is 2. The van der Waals surface area contributed by atoms with E-state index in [9.17, 15) is 19.5 Å². The Hall–Kier alpha value is -3.72. The Labute approximate surface area is 213 Å². The van der Waals surface area contributed by atoms with Crippen LogP contribution in [0.15, 0.2) is 29.1 Å². The Morgan fingerprint density at radius 3 is 2.73 bits per heavy atom. The molecule has 1 saturated heterocycles. The molecule has 0 saturated carbocycles. The van der Waals surface area contributed by atoms with Crippen LogP contribution in [0.5, 0.6) is 5.75 Å². The van der Waals surface area contributed by atoms with Crippen molar-refractivity contribution < 1.29 is 24.2 Å². The smallest absolute Gasteiger partial charge is 0.355 e. The molecule has 9 nitrogen and oxygen atoms in total. The molecule has 2 aromatic heterocycles. The number of nitrogens with one attached hydrogen (secondary N) is 1. The second kappa shape index (κ2) is 8.69. The fourth-order valence-electron chi connectivity index (χ4n) is 6.02. The summed E-state index contributed by atoms with van der Waals surface area (Å²) in [5.74, 6) is -1.24. The Morgan fingerprint density at radius 2 is 2.00 bits per heavy atom. The van der Waals surface area contributed by atoms with E-state index in [1.807, 2.05) is 6.92 Å². The molecule has 5 heterocycles. The first-order valence-corrected chi connectivity index (χ1v) is 12.9. The third-order valence-corrected chi connectivity index (χ3v) is 8.06. The zero-order valence-corrected chi connectivity index (χ0v) is 20.9. The number of nitrogens with zero attached hydrogens (tertiary/aromatic N) is 2. The number of aromatic nitrogens is 2. The van der Waals surface area contributed by atoms with Gasteiger partial charge in [0.1, 0.15) is 12.4 Å². The molecule has 1 fully saturated rings. The van der Waals surface area contributed by atoms with Gasteiger partial charge in [-0.15, -0.1) is 0 Å². The molecule has 0 bridgehead atoms. The van der Waals surface area contributed by atoms with E-state index in [2.05, 4.69) is 5.32 Å². The number of phenolic OH excluding ortho intramolecular Hbond substituents is 1. The zero-order chi connectivity index (χ0) is 25.9. The standard InChI is InChI=1S/C28H29N3O6/c1-3-17-18-11-16(32)5-6-22(18)30-24-19(17)13-31-23(24)12-21-20(25(31)33)14-36-27(35)28(21,4-2)37-26(34)15-7-9-29-10-8-15/h5-6,11-12,15,29,32H,3-4,7-10,13-14H2,1-2H3. The molecular formula is C28H29N3O6. The van der Waals surface area contributed by atoms with E-state index in [4.69, 9.17) is 14.5 Å². The first-order valence-electron chi connectivity index (χ1n) is 12.9. The molecule has 0 amide bonds. The van der Waals surface area contributed by atoms with Gasteiger partial charge in [0, 0.05) is 16.5 Å². The van der Waals surface area contributed by atoms with Crippen LogP contribution in [-0.4, -0.2) is 39.7 Å². The van der Waals surface area contributed by atoms with Crippen LogP contribution in [0.25, 0.3) is 22.3 Å². The van der Waals surface area contributed by atoms with Crippen LogP contribution in [0.2, 0.25) is 0 Å². The molecular weight excluding hydrogens is 474 g/mol. The highest BCUT2D eigenvalue weighted by Crippen LogP contribution is 2.42. The summed E-state index contributed by atoms with van der Waals surface area (Å²) < 4.78 is 13.1. The largest absolute Gasteiger partial charge is 0.508 e. The predicted molar refractivity (Wildman–Crippen MR) is 135 cm³/mol. The number of piperidine rings is 1. The number of rotatable bonds is 4. The number of cyclic esters (lactones) is 1. The van der Waals surface area contributed by atoms with Crippen molar-refractivity contribution in [1.82, 2.24) is 14.9 Å². The number of aromatic hydroxyl groups is 1. The Morgan fingerprint density at radius 1 is 1.22 bits per heavy atom. The van der Waals surface area contributed by atoms with Gasteiger partial charge in [-0.2, -0.15) is 0 Å². The minimum Gasteiger partial charge on any atom is -0.508 e. The van der Waals surface area contributed by atoms with Crippen LogP contribution in [0.3, 0.4) is 0 Å². The molecule has 37 heavy (non-hydrogen) atoms. The number of fused-ring (bicyclic) bond motifs is 5. The quantitative estimate of drug-likeness (QED) is 0.408. The van der Waals surface area contributed by atoms with E-state index < -0.39 is 17.5 Å². The minimum atomic E-state index is -1.68. The second-order valence-corrected chi connectivity index (χ2v) is 9.99. The monoisotopic (exact) mass is 503 g/mol. The first-order chi connectivity index (χ1) is 17.9. The highest BCUT2D eigenvalue weighted by molar-refractivity contribution is 5.90. The molecule has 3 aliphatic rings. The molecule has 2 N–H and O–H groups in total. The number of esters is 2. The summed E-state index contributed by atoms with van der Waals surface area (Å²) >= 11 is 0. The topological polar surface area (TPSA) is 120 Å². The minimum absolute atomic E-state index is 0.149. The van der Waals surface area contributed by atoms with Crippen LogP contribution in [0.1, 0.15) is 55.4 Å². The molecule has 192 valence electrons. The maximum absolute atomic E-state index is 13.8. The highest BCUT2D eigenvalue weighted by atomic mass is 16.6. The van der Waals surface area contributed by atoms with Crippen molar-refractivity contribution in [2.75, 3.05) is 13.1 Å². The Balaban J connectivity index is 1.53. The summed E-state index contributed by atoms with van der Waals surface area (Å²) in [5, 5.41) is 14.1. The van der Waals surface area contributed by atoms with Gasteiger partial charge in [-0.25, -0.2) is 9.78 Å². The number of ether oxygens (including phenoxy) is 2. The average Bonchev–Trinajstić information content (AvgIpc) is 3.28. The first kappa shape index (κ1) is 23.7. The van der Waals surface area contributed by atoms with Gasteiger partial charge in [-0.3, -0.25) is 9.59 Å². The number of hydrogen-bond acceptors (Lipinski definition) is 8. The van der Waals surface area contributed by atoms with Gasteiger partial charge in [-0.05, 0) is 68.6 Å². The molecule has 1 unspecified atom stereocenters. The van der Waals surface area contributed by atoms with Crippen LogP contribution in [0.4, 0.5) is 0 Å². The molecule has 1 aromatic carbocycles. The van der Waals surface area contributed by atoms with E-state index in [1.54, 1.807) is 35.8 Å². The number of phenols is 1. The van der Waals surface area contributed by atoms with Crippen LogP contribution in [-0.2, 0) is 44.2 Å². The fourth-order valence-corrected chi connectivity index (χ4v) is 6.02. The van der Waals surface area contributed by atoms with E-state index in [0.29, 0.717) is 66.9 Å². The Bertz CT molecular complexity index is 1520. The molecule has 0 aliphatic carbocycles. The molecule has 3 aromatic rings. The molecule has 0 spiro atoms. The van der Waals surface area contributed by atoms with Crippen LogP contribution in [0, 0.1) is 5.92 Å². The lowest BCUT2D eigenvalue weighted by atomic mass is 9.85. The third kappa shape index (κ3) is 3.48. The molecule has 0 radical (unpaired) electrons. The Kier molecular flexibility index (Phi) is 5.56. The number of aryl methyl sites for hydroxylation is 1. The lowest BCUT2D eigenvalue weighted by Gasteiger charge is -2.37. The van der Waals surface area contributed by atoms with Crippen molar-refractivity contribution in [2.45, 2.75) is 58.3 Å². The van der Waals surface area contributed by atoms with Gasteiger partial charge >= 0.3 is 11.9 Å². The van der Waals surface area contributed by atoms with Crippen LogP contribution < -0.4 is 10.9 Å². The highest BCUT2D eigenvalue weighted by Gasteiger charge is 2.51. The molecule has 9 heteroatoms. The van der Waals surface area contributed by atoms with Gasteiger partial charge in [0.15, 0.2) is 0 Å². The van der Waals surface area contributed by atoms with Crippen molar-refractivity contribution in [3.63, 3.8) is 0 Å². The number of benzene rings is 1.